The van der Waals surface area contributed by atoms with Crippen molar-refractivity contribution in [2.24, 2.45) is 5.92 Å². The minimum atomic E-state index is -4.53. The molecule has 2 aliphatic rings. The molecule has 6 nitrogen and oxygen atoms in total. The fraction of sp³-hybridized carbons (Fsp3) is 0.375. The molecule has 2 N–H and O–H groups in total. The van der Waals surface area contributed by atoms with Crippen molar-refractivity contribution >= 4 is 28.1 Å². The molecule has 0 saturated carbocycles. The number of aromatic nitrogens is 2. The number of halogens is 3. The lowest BCUT2D eigenvalue weighted by atomic mass is 9.88. The van der Waals surface area contributed by atoms with Crippen LogP contribution in [-0.4, -0.2) is 21.9 Å². The van der Waals surface area contributed by atoms with Gasteiger partial charge in [-0.05, 0) is 36.3 Å². The van der Waals surface area contributed by atoms with Crippen LogP contribution in [0.2, 0.25) is 0 Å². The van der Waals surface area contributed by atoms with Gasteiger partial charge in [0.05, 0.1) is 17.8 Å². The summed E-state index contributed by atoms with van der Waals surface area (Å²) < 4.78 is 42.6. The van der Waals surface area contributed by atoms with E-state index in [-0.39, 0.29) is 17.8 Å². The van der Waals surface area contributed by atoms with Crippen LogP contribution < -0.4 is 10.6 Å². The van der Waals surface area contributed by atoms with Crippen LogP contribution in [0.1, 0.15) is 63.8 Å². The molecular weight excluding hydrogens is 463 g/mol. The minimum absolute atomic E-state index is 0.0125. The Hall–Kier alpha value is -3.32. The van der Waals surface area contributed by atoms with Crippen LogP contribution in [-0.2, 0) is 12.8 Å². The molecule has 0 radical (unpaired) electrons. The van der Waals surface area contributed by atoms with Crippen LogP contribution in [0.4, 0.5) is 24.0 Å². The van der Waals surface area contributed by atoms with E-state index in [2.05, 4.69) is 28.7 Å². The van der Waals surface area contributed by atoms with E-state index in [1.54, 1.807) is 30.3 Å². The summed E-state index contributed by atoms with van der Waals surface area (Å²) in [6.07, 6.45) is -1.000. The Morgan fingerprint density at radius 3 is 2.79 bits per heavy atom. The minimum Gasteiger partial charge on any atom is -0.363 e. The van der Waals surface area contributed by atoms with Gasteiger partial charge in [-0.3, -0.25) is 4.79 Å². The van der Waals surface area contributed by atoms with Gasteiger partial charge < -0.3 is 10.6 Å². The van der Waals surface area contributed by atoms with Crippen molar-refractivity contribution in [2.75, 3.05) is 10.6 Å². The SMILES string of the molecule is C[C@@H]1CCc2c(sc(NC(=O)c3cnn4c3N[C@H](c3ccccc3)C[C@H]4C(F)(F)F)c2C#N)C1. The van der Waals surface area contributed by atoms with Crippen molar-refractivity contribution in [2.45, 2.75) is 50.9 Å². The zero-order valence-corrected chi connectivity index (χ0v) is 19.1. The lowest BCUT2D eigenvalue weighted by molar-refractivity contribution is -0.173. The first-order valence-electron chi connectivity index (χ1n) is 11.1. The molecule has 1 aliphatic carbocycles. The summed E-state index contributed by atoms with van der Waals surface area (Å²) in [6, 6.07) is 8.55. The van der Waals surface area contributed by atoms with Crippen LogP contribution in [0, 0.1) is 17.2 Å². The van der Waals surface area contributed by atoms with Gasteiger partial charge in [-0.25, -0.2) is 4.68 Å². The third-order valence-electron chi connectivity index (χ3n) is 6.54. The lowest BCUT2D eigenvalue weighted by Crippen LogP contribution is -2.36. The van der Waals surface area contributed by atoms with Gasteiger partial charge >= 0.3 is 6.18 Å². The molecule has 1 aliphatic heterocycles. The standard InChI is InChI=1S/C24H22F3N5OS/c1-13-7-8-15-16(11-28)23(34-19(15)9-13)31-22(33)17-12-29-32-20(24(25,26)27)10-18(30-21(17)32)14-5-3-2-4-6-14/h2-6,12-13,18,20,30H,7-10H2,1H3,(H,31,33)/t13-,18+,20+/m1/s1. The van der Waals surface area contributed by atoms with E-state index in [1.165, 1.54) is 11.3 Å². The van der Waals surface area contributed by atoms with Gasteiger partial charge in [0, 0.05) is 11.3 Å². The van der Waals surface area contributed by atoms with E-state index < -0.39 is 24.2 Å². The van der Waals surface area contributed by atoms with Crippen molar-refractivity contribution in [1.82, 2.24) is 9.78 Å². The molecular formula is C24H22F3N5OS. The van der Waals surface area contributed by atoms with Crippen LogP contribution >= 0.6 is 11.3 Å². The van der Waals surface area contributed by atoms with E-state index >= 15 is 0 Å². The summed E-state index contributed by atoms with van der Waals surface area (Å²) in [7, 11) is 0. The number of nitrogens with one attached hydrogen (secondary N) is 2. The second-order valence-electron chi connectivity index (χ2n) is 8.87. The predicted molar refractivity (Wildman–Crippen MR) is 123 cm³/mol. The monoisotopic (exact) mass is 485 g/mol. The van der Waals surface area contributed by atoms with E-state index in [0.29, 0.717) is 22.0 Å². The number of thiophene rings is 1. The first-order valence-corrected chi connectivity index (χ1v) is 11.9. The number of carbonyl (C=O) groups excluding carboxylic acids is 1. The summed E-state index contributed by atoms with van der Waals surface area (Å²) in [4.78, 5) is 14.3. The van der Waals surface area contributed by atoms with E-state index in [4.69, 9.17) is 0 Å². The number of hydrogen-bond donors (Lipinski definition) is 2. The Balaban J connectivity index is 1.48. The van der Waals surface area contributed by atoms with Gasteiger partial charge in [0.15, 0.2) is 6.04 Å². The van der Waals surface area contributed by atoms with Crippen molar-refractivity contribution in [3.8, 4) is 6.07 Å². The fourth-order valence-electron chi connectivity index (χ4n) is 4.76. The van der Waals surface area contributed by atoms with Crippen molar-refractivity contribution < 1.29 is 18.0 Å². The molecule has 176 valence electrons. The zero-order chi connectivity index (χ0) is 24.0. The highest BCUT2D eigenvalue weighted by Crippen LogP contribution is 2.45. The number of nitriles is 1. The highest BCUT2D eigenvalue weighted by molar-refractivity contribution is 7.16. The van der Waals surface area contributed by atoms with Gasteiger partial charge in [-0.2, -0.15) is 23.5 Å². The van der Waals surface area contributed by atoms with Gasteiger partial charge in [0.25, 0.3) is 5.91 Å². The summed E-state index contributed by atoms with van der Waals surface area (Å²) in [5.74, 6) is -0.0673. The number of alkyl halides is 3. The van der Waals surface area contributed by atoms with Crippen LogP contribution in [0.15, 0.2) is 36.5 Å². The smallest absolute Gasteiger partial charge is 0.363 e. The lowest BCUT2D eigenvalue weighted by Gasteiger charge is -2.34. The molecule has 5 rings (SSSR count). The average Bonchev–Trinajstić information content (AvgIpc) is 3.38. The quantitative estimate of drug-likeness (QED) is 0.487. The molecule has 0 saturated heterocycles. The molecule has 1 amide bonds. The third kappa shape index (κ3) is 3.94. The maximum Gasteiger partial charge on any atom is 0.410 e. The van der Waals surface area contributed by atoms with Gasteiger partial charge in [0.1, 0.15) is 22.5 Å². The molecule has 0 spiro atoms. The highest BCUT2D eigenvalue weighted by Gasteiger charge is 2.47. The van der Waals surface area contributed by atoms with Gasteiger partial charge in [0.2, 0.25) is 0 Å². The van der Waals surface area contributed by atoms with Gasteiger partial charge in [-0.15, -0.1) is 11.3 Å². The largest absolute Gasteiger partial charge is 0.410 e. The molecule has 3 atom stereocenters. The third-order valence-corrected chi connectivity index (χ3v) is 7.71. The zero-order valence-electron chi connectivity index (χ0n) is 18.3. The Kier molecular flexibility index (Phi) is 5.60. The molecule has 34 heavy (non-hydrogen) atoms. The van der Waals surface area contributed by atoms with Crippen LogP contribution in [0.3, 0.4) is 0 Å². The van der Waals surface area contributed by atoms with Gasteiger partial charge in [-0.1, -0.05) is 37.3 Å². The molecule has 1 aromatic carbocycles. The van der Waals surface area contributed by atoms with Crippen molar-refractivity contribution in [1.29, 1.82) is 5.26 Å². The fourth-order valence-corrected chi connectivity index (χ4v) is 6.12. The summed E-state index contributed by atoms with van der Waals surface area (Å²) >= 11 is 1.37. The van der Waals surface area contributed by atoms with Crippen LogP contribution in [0.5, 0.6) is 0 Å². The normalized spacial score (nSPS) is 21.7. The number of anilines is 2. The Bertz CT molecular complexity index is 1270. The van der Waals surface area contributed by atoms with Crippen LogP contribution in [0.25, 0.3) is 0 Å². The number of benzene rings is 1. The summed E-state index contributed by atoms with van der Waals surface area (Å²) in [6.45, 7) is 2.15. The first kappa shape index (κ1) is 22.5. The second kappa shape index (κ2) is 8.47. The molecule has 0 fully saturated rings. The topological polar surface area (TPSA) is 82.7 Å². The number of hydrogen-bond acceptors (Lipinski definition) is 5. The number of amides is 1. The van der Waals surface area contributed by atoms with E-state index in [0.717, 1.165) is 40.6 Å². The predicted octanol–water partition coefficient (Wildman–Crippen LogP) is 5.85. The van der Waals surface area contributed by atoms with Crippen molar-refractivity contribution in [3.05, 3.63) is 63.7 Å². The maximum absolute atomic E-state index is 13.9. The number of nitrogens with zero attached hydrogens (tertiary/aromatic N) is 3. The second-order valence-corrected chi connectivity index (χ2v) is 9.98. The average molecular weight is 486 g/mol. The van der Waals surface area contributed by atoms with E-state index in [9.17, 15) is 23.2 Å². The molecule has 3 aromatic rings. The highest BCUT2D eigenvalue weighted by atomic mass is 32.1. The maximum atomic E-state index is 13.9. The van der Waals surface area contributed by atoms with Crippen molar-refractivity contribution in [3.63, 3.8) is 0 Å². The summed E-state index contributed by atoms with van der Waals surface area (Å²) in [5.41, 5.74) is 2.13. The Morgan fingerprint density at radius 2 is 2.09 bits per heavy atom. The number of carbonyl (C=O) groups is 1. The molecule has 0 unspecified atom stereocenters. The molecule has 3 heterocycles. The Labute approximate surface area is 198 Å². The Morgan fingerprint density at radius 1 is 1.32 bits per heavy atom. The molecule has 10 heteroatoms. The molecule has 0 bridgehead atoms. The summed E-state index contributed by atoms with van der Waals surface area (Å²) in [5, 5.41) is 19.9. The first-order chi connectivity index (χ1) is 16.3. The number of fused-ring (bicyclic) bond motifs is 2. The number of rotatable bonds is 3. The van der Waals surface area contributed by atoms with E-state index in [1.807, 2.05) is 0 Å². The molecule has 2 aromatic heterocycles.